The maximum absolute atomic E-state index is 1.68. The lowest BCUT2D eigenvalue weighted by Gasteiger charge is -2.54. The molecule has 7 fully saturated rings. The van der Waals surface area contributed by atoms with E-state index in [2.05, 4.69) is 0 Å². The third-order valence-corrected chi connectivity index (χ3v) is 10.8. The van der Waals surface area contributed by atoms with Crippen LogP contribution in [0.15, 0.2) is 0 Å². The molecule has 22 heavy (non-hydrogen) atoms. The fourth-order valence-corrected chi connectivity index (χ4v) is 10.7. The summed E-state index contributed by atoms with van der Waals surface area (Å²) in [5.74, 6) is 14.5. The molecule has 10 atom stereocenters. The Morgan fingerprint density at radius 3 is 1.05 bits per heavy atom. The first-order valence-corrected chi connectivity index (χ1v) is 10.9. The van der Waals surface area contributed by atoms with Gasteiger partial charge in [-0.15, -0.1) is 0 Å². The van der Waals surface area contributed by atoms with Gasteiger partial charge in [-0.05, 0) is 135 Å². The van der Waals surface area contributed by atoms with Crippen LogP contribution in [0.1, 0.15) is 64.2 Å². The van der Waals surface area contributed by atoms with Crippen LogP contribution in [0.2, 0.25) is 0 Å². The predicted molar refractivity (Wildman–Crippen MR) is 88.1 cm³/mol. The van der Waals surface area contributed by atoms with E-state index in [0.29, 0.717) is 0 Å². The van der Waals surface area contributed by atoms with Gasteiger partial charge < -0.3 is 0 Å². The van der Waals surface area contributed by atoms with Gasteiger partial charge >= 0.3 is 0 Å². The Bertz CT molecular complexity index is 464. The first-order chi connectivity index (χ1) is 10.9. The minimum absolute atomic E-state index is 1.18. The van der Waals surface area contributed by atoms with Gasteiger partial charge in [0.15, 0.2) is 0 Å². The highest BCUT2D eigenvalue weighted by molar-refractivity contribution is 5.17. The molecule has 0 spiro atoms. The van der Waals surface area contributed by atoms with Crippen LogP contribution in [0.5, 0.6) is 0 Å². The summed E-state index contributed by atoms with van der Waals surface area (Å²) in [6, 6.07) is 0. The molecular formula is C22H32. The van der Waals surface area contributed by atoms with E-state index in [9.17, 15) is 0 Å². The summed E-state index contributed by atoms with van der Waals surface area (Å²) in [6.45, 7) is 0. The lowest BCUT2D eigenvalue weighted by molar-refractivity contribution is -0.0554. The standard InChI is InChI=1S/C22H32/c1-2-12-4-6-16-10-14-8-7-13-9-15-5-3-11(1)18-19(12)21(16)22(17(13)14)20(15)18/h11-22H,1-10H2. The van der Waals surface area contributed by atoms with Crippen molar-refractivity contribution in [3.8, 4) is 0 Å². The van der Waals surface area contributed by atoms with E-state index in [1.807, 2.05) is 0 Å². The van der Waals surface area contributed by atoms with Crippen molar-refractivity contribution in [2.75, 3.05) is 0 Å². The molecule has 7 aliphatic rings. The van der Waals surface area contributed by atoms with E-state index in [1.54, 1.807) is 64.2 Å². The second-order valence-electron chi connectivity index (χ2n) is 10.8. The normalized spacial score (nSPS) is 69.8. The Morgan fingerprint density at radius 2 is 0.591 bits per heavy atom. The maximum Gasteiger partial charge on any atom is -0.0313 e. The van der Waals surface area contributed by atoms with Gasteiger partial charge in [0.1, 0.15) is 0 Å². The highest BCUT2D eigenvalue weighted by Gasteiger charge is 2.69. The van der Waals surface area contributed by atoms with Crippen molar-refractivity contribution in [1.29, 1.82) is 0 Å². The van der Waals surface area contributed by atoms with Crippen LogP contribution in [0.3, 0.4) is 0 Å². The molecule has 0 bridgehead atoms. The lowest BCUT2D eigenvalue weighted by atomic mass is 9.51. The largest absolute Gasteiger partial charge is 0.0499 e. The van der Waals surface area contributed by atoms with E-state index in [4.69, 9.17) is 0 Å². The number of hydrogen-bond acceptors (Lipinski definition) is 0. The second-order valence-corrected chi connectivity index (χ2v) is 10.8. The van der Waals surface area contributed by atoms with Gasteiger partial charge in [-0.2, -0.15) is 0 Å². The fraction of sp³-hybridized carbons (Fsp3) is 1.00. The minimum Gasteiger partial charge on any atom is -0.0499 e. The van der Waals surface area contributed by atoms with Crippen molar-refractivity contribution in [3.05, 3.63) is 0 Å². The molecule has 0 aromatic heterocycles. The van der Waals surface area contributed by atoms with Crippen LogP contribution in [-0.2, 0) is 0 Å². The van der Waals surface area contributed by atoms with Crippen molar-refractivity contribution in [3.63, 3.8) is 0 Å². The molecule has 0 amide bonds. The van der Waals surface area contributed by atoms with E-state index in [1.165, 1.54) is 71.0 Å². The molecule has 7 saturated carbocycles. The van der Waals surface area contributed by atoms with E-state index in [0.717, 1.165) is 0 Å². The average molecular weight is 296 g/mol. The maximum atomic E-state index is 1.68. The van der Waals surface area contributed by atoms with Crippen molar-refractivity contribution in [2.24, 2.45) is 71.0 Å². The zero-order valence-corrected chi connectivity index (χ0v) is 14.0. The molecule has 0 N–H and O–H groups in total. The zero-order valence-electron chi connectivity index (χ0n) is 14.0. The third kappa shape index (κ3) is 1.25. The Morgan fingerprint density at radius 1 is 0.273 bits per heavy atom. The van der Waals surface area contributed by atoms with Crippen molar-refractivity contribution in [1.82, 2.24) is 0 Å². The van der Waals surface area contributed by atoms with Gasteiger partial charge in [0.05, 0.1) is 0 Å². The highest BCUT2D eigenvalue weighted by atomic mass is 14.7. The molecule has 0 heterocycles. The molecule has 7 rings (SSSR count). The molecule has 7 aliphatic carbocycles. The highest BCUT2D eigenvalue weighted by Crippen LogP contribution is 2.75. The molecule has 0 aliphatic heterocycles. The molecule has 120 valence electrons. The minimum atomic E-state index is 1.18. The van der Waals surface area contributed by atoms with Crippen LogP contribution in [0.4, 0.5) is 0 Å². The van der Waals surface area contributed by atoms with Crippen molar-refractivity contribution < 1.29 is 0 Å². The number of rotatable bonds is 0. The topological polar surface area (TPSA) is 0 Å². The molecule has 10 unspecified atom stereocenters. The van der Waals surface area contributed by atoms with Gasteiger partial charge in [-0.25, -0.2) is 0 Å². The van der Waals surface area contributed by atoms with Crippen LogP contribution < -0.4 is 0 Å². The van der Waals surface area contributed by atoms with Crippen LogP contribution in [0.25, 0.3) is 0 Å². The summed E-state index contributed by atoms with van der Waals surface area (Å²) < 4.78 is 0. The molecule has 0 heteroatoms. The van der Waals surface area contributed by atoms with E-state index in [-0.39, 0.29) is 0 Å². The third-order valence-electron chi connectivity index (χ3n) is 10.8. The first kappa shape index (κ1) is 12.4. The molecule has 0 radical (unpaired) electrons. The average Bonchev–Trinajstić information content (AvgIpc) is 3.12. The first-order valence-electron chi connectivity index (χ1n) is 10.9. The van der Waals surface area contributed by atoms with Gasteiger partial charge in [-0.1, -0.05) is 0 Å². The van der Waals surface area contributed by atoms with Gasteiger partial charge in [-0.3, -0.25) is 0 Å². The van der Waals surface area contributed by atoms with E-state index >= 15 is 0 Å². The Kier molecular flexibility index (Phi) is 2.23. The van der Waals surface area contributed by atoms with Crippen molar-refractivity contribution >= 4 is 0 Å². The molecule has 0 aromatic rings. The Hall–Kier alpha value is 0. The lowest BCUT2D eigenvalue weighted by Crippen LogP contribution is -2.48. The monoisotopic (exact) mass is 296 g/mol. The predicted octanol–water partition coefficient (Wildman–Crippen LogP) is 5.38. The second kappa shape index (κ2) is 3.97. The molecule has 0 nitrogen and oxygen atoms in total. The van der Waals surface area contributed by atoms with Gasteiger partial charge in [0.2, 0.25) is 0 Å². The SMILES string of the molecule is C1CC2CC3CCC4CCC5CCC6CC1C2C1C6C5C4C31. The molecule has 0 saturated heterocycles. The Labute approximate surface area is 135 Å². The molecule has 0 aromatic carbocycles. The van der Waals surface area contributed by atoms with E-state index < -0.39 is 0 Å². The van der Waals surface area contributed by atoms with Crippen LogP contribution >= 0.6 is 0 Å². The summed E-state index contributed by atoms with van der Waals surface area (Å²) in [4.78, 5) is 0. The van der Waals surface area contributed by atoms with Gasteiger partial charge in [0.25, 0.3) is 0 Å². The molecular weight excluding hydrogens is 264 g/mol. The van der Waals surface area contributed by atoms with Crippen molar-refractivity contribution in [2.45, 2.75) is 64.2 Å². The zero-order chi connectivity index (χ0) is 14.0. The summed E-state index contributed by atoms with van der Waals surface area (Å²) in [6.07, 6.45) is 16.5. The smallest absolute Gasteiger partial charge is 0.0313 e. The Balaban J connectivity index is 1.43. The fourth-order valence-electron chi connectivity index (χ4n) is 10.7. The summed E-state index contributed by atoms with van der Waals surface area (Å²) in [5, 5.41) is 0. The van der Waals surface area contributed by atoms with Crippen LogP contribution in [-0.4, -0.2) is 0 Å². The van der Waals surface area contributed by atoms with Gasteiger partial charge in [0, 0.05) is 0 Å². The summed E-state index contributed by atoms with van der Waals surface area (Å²) in [7, 11) is 0. The van der Waals surface area contributed by atoms with Crippen LogP contribution in [0, 0.1) is 71.0 Å². The quantitative estimate of drug-likeness (QED) is 0.563. The number of hydrogen-bond donors (Lipinski definition) is 0. The summed E-state index contributed by atoms with van der Waals surface area (Å²) >= 11 is 0. The summed E-state index contributed by atoms with van der Waals surface area (Å²) in [5.41, 5.74) is 0.